The van der Waals surface area contributed by atoms with E-state index >= 15 is 0 Å². The minimum absolute atomic E-state index is 0.323. The highest BCUT2D eigenvalue weighted by molar-refractivity contribution is 9.10. The summed E-state index contributed by atoms with van der Waals surface area (Å²) in [7, 11) is 0. The largest absolute Gasteiger partial charge is 0.480 e. The summed E-state index contributed by atoms with van der Waals surface area (Å²) in [5.74, 6) is -1.27. The number of amides is 1. The van der Waals surface area contributed by atoms with Gasteiger partial charge in [-0.2, -0.15) is 0 Å². The SMILES string of the molecule is Cc1ccc(Br)cc1C(=O)NC1(C(=O)O)CCC1. The zero-order valence-electron chi connectivity index (χ0n) is 10.00. The molecule has 0 saturated heterocycles. The van der Waals surface area contributed by atoms with Crippen molar-refractivity contribution >= 4 is 27.8 Å². The first kappa shape index (κ1) is 13.1. The number of hydrogen-bond acceptors (Lipinski definition) is 2. The van der Waals surface area contributed by atoms with E-state index in [2.05, 4.69) is 21.2 Å². The van der Waals surface area contributed by atoms with Gasteiger partial charge in [-0.15, -0.1) is 0 Å². The van der Waals surface area contributed by atoms with Crippen molar-refractivity contribution in [3.63, 3.8) is 0 Å². The summed E-state index contributed by atoms with van der Waals surface area (Å²) in [5.41, 5.74) is 0.277. The summed E-state index contributed by atoms with van der Waals surface area (Å²) >= 11 is 3.31. The summed E-state index contributed by atoms with van der Waals surface area (Å²) < 4.78 is 0.802. The quantitative estimate of drug-likeness (QED) is 0.901. The molecule has 0 aliphatic heterocycles. The molecule has 2 rings (SSSR count). The fraction of sp³-hybridized carbons (Fsp3) is 0.385. The van der Waals surface area contributed by atoms with E-state index in [1.165, 1.54) is 0 Å². The number of carboxylic acid groups (broad SMARTS) is 1. The van der Waals surface area contributed by atoms with Gasteiger partial charge in [0, 0.05) is 10.0 Å². The Balaban J connectivity index is 2.22. The van der Waals surface area contributed by atoms with Gasteiger partial charge in [0.05, 0.1) is 0 Å². The lowest BCUT2D eigenvalue weighted by Crippen LogP contribution is -2.59. The molecule has 1 aliphatic carbocycles. The lowest BCUT2D eigenvalue weighted by atomic mass is 9.76. The molecule has 1 aromatic rings. The summed E-state index contributed by atoms with van der Waals surface area (Å²) in [4.78, 5) is 23.3. The third-order valence-electron chi connectivity index (χ3n) is 3.41. The van der Waals surface area contributed by atoms with Crippen LogP contribution in [-0.4, -0.2) is 22.5 Å². The second-order valence-corrected chi connectivity index (χ2v) is 5.57. The van der Waals surface area contributed by atoms with Crippen LogP contribution in [0.3, 0.4) is 0 Å². The van der Waals surface area contributed by atoms with E-state index in [1.54, 1.807) is 6.07 Å². The molecule has 1 saturated carbocycles. The van der Waals surface area contributed by atoms with Gasteiger partial charge in [-0.05, 0) is 43.9 Å². The van der Waals surface area contributed by atoms with Crippen LogP contribution in [0.1, 0.15) is 35.2 Å². The maximum atomic E-state index is 12.1. The number of aryl methyl sites for hydroxylation is 1. The van der Waals surface area contributed by atoms with Gasteiger partial charge in [-0.25, -0.2) is 4.79 Å². The Labute approximate surface area is 114 Å². The number of carboxylic acids is 1. The van der Waals surface area contributed by atoms with Crippen molar-refractivity contribution in [1.29, 1.82) is 0 Å². The van der Waals surface area contributed by atoms with Gasteiger partial charge in [-0.1, -0.05) is 22.0 Å². The van der Waals surface area contributed by atoms with Crippen molar-refractivity contribution < 1.29 is 14.7 Å². The zero-order chi connectivity index (χ0) is 13.3. The molecule has 5 heteroatoms. The van der Waals surface area contributed by atoms with Crippen molar-refractivity contribution in [2.45, 2.75) is 31.7 Å². The monoisotopic (exact) mass is 311 g/mol. The molecule has 0 atom stereocenters. The van der Waals surface area contributed by atoms with E-state index in [0.29, 0.717) is 18.4 Å². The highest BCUT2D eigenvalue weighted by Crippen LogP contribution is 2.32. The van der Waals surface area contributed by atoms with Crippen molar-refractivity contribution in [2.75, 3.05) is 0 Å². The Morgan fingerprint density at radius 2 is 2.06 bits per heavy atom. The lowest BCUT2D eigenvalue weighted by Gasteiger charge is -2.38. The third-order valence-corrected chi connectivity index (χ3v) is 3.91. The molecule has 1 aromatic carbocycles. The predicted molar refractivity (Wildman–Crippen MR) is 70.6 cm³/mol. The third kappa shape index (κ3) is 2.27. The minimum Gasteiger partial charge on any atom is -0.480 e. The first-order chi connectivity index (χ1) is 8.44. The molecule has 1 fully saturated rings. The maximum Gasteiger partial charge on any atom is 0.329 e. The van der Waals surface area contributed by atoms with E-state index in [4.69, 9.17) is 0 Å². The molecule has 18 heavy (non-hydrogen) atoms. The maximum absolute atomic E-state index is 12.1. The Hall–Kier alpha value is -1.36. The van der Waals surface area contributed by atoms with Crippen LogP contribution in [0.2, 0.25) is 0 Å². The molecule has 1 aliphatic rings. The van der Waals surface area contributed by atoms with Gasteiger partial charge in [0.2, 0.25) is 0 Å². The van der Waals surface area contributed by atoms with Gasteiger partial charge < -0.3 is 10.4 Å². The molecule has 0 radical (unpaired) electrons. The number of benzene rings is 1. The smallest absolute Gasteiger partial charge is 0.329 e. The molecule has 0 bridgehead atoms. The van der Waals surface area contributed by atoms with Gasteiger partial charge in [0.15, 0.2) is 0 Å². The van der Waals surface area contributed by atoms with Crippen LogP contribution >= 0.6 is 15.9 Å². The number of rotatable bonds is 3. The van der Waals surface area contributed by atoms with Crippen LogP contribution in [-0.2, 0) is 4.79 Å². The Morgan fingerprint density at radius 3 is 2.56 bits per heavy atom. The van der Waals surface area contributed by atoms with Crippen LogP contribution in [0, 0.1) is 6.92 Å². The Morgan fingerprint density at radius 1 is 1.39 bits per heavy atom. The van der Waals surface area contributed by atoms with Gasteiger partial charge in [-0.3, -0.25) is 4.79 Å². The molecule has 2 N–H and O–H groups in total. The predicted octanol–water partition coefficient (Wildman–Crippen LogP) is 2.49. The topological polar surface area (TPSA) is 66.4 Å². The molecular formula is C13H14BrNO3. The van der Waals surface area contributed by atoms with E-state index < -0.39 is 11.5 Å². The summed E-state index contributed by atoms with van der Waals surface area (Å²) in [6.45, 7) is 1.83. The first-order valence-electron chi connectivity index (χ1n) is 5.77. The number of nitrogens with one attached hydrogen (secondary N) is 1. The average molecular weight is 312 g/mol. The van der Waals surface area contributed by atoms with Crippen molar-refractivity contribution in [2.24, 2.45) is 0 Å². The van der Waals surface area contributed by atoms with E-state index in [9.17, 15) is 14.7 Å². The van der Waals surface area contributed by atoms with Gasteiger partial charge in [0.25, 0.3) is 5.91 Å². The number of carbonyl (C=O) groups excluding carboxylic acids is 1. The molecule has 4 nitrogen and oxygen atoms in total. The van der Waals surface area contributed by atoms with Crippen LogP contribution in [0.5, 0.6) is 0 Å². The van der Waals surface area contributed by atoms with Crippen LogP contribution in [0.25, 0.3) is 0 Å². The first-order valence-corrected chi connectivity index (χ1v) is 6.56. The molecule has 0 spiro atoms. The molecule has 96 valence electrons. The van der Waals surface area contributed by atoms with Crippen molar-refractivity contribution in [3.05, 3.63) is 33.8 Å². The highest BCUT2D eigenvalue weighted by Gasteiger charge is 2.45. The fourth-order valence-electron chi connectivity index (χ4n) is 2.05. The normalized spacial score (nSPS) is 16.8. The molecule has 0 aromatic heterocycles. The Bertz CT molecular complexity index is 509. The molecular weight excluding hydrogens is 298 g/mol. The fourth-order valence-corrected chi connectivity index (χ4v) is 2.41. The van der Waals surface area contributed by atoms with Crippen LogP contribution in [0.4, 0.5) is 0 Å². The van der Waals surface area contributed by atoms with Gasteiger partial charge >= 0.3 is 5.97 Å². The standard InChI is InChI=1S/C13H14BrNO3/c1-8-3-4-9(14)7-10(8)11(16)15-13(12(17)18)5-2-6-13/h3-4,7H,2,5-6H2,1H3,(H,15,16)(H,17,18). The highest BCUT2D eigenvalue weighted by atomic mass is 79.9. The second kappa shape index (κ2) is 4.72. The van der Waals surface area contributed by atoms with Crippen LogP contribution < -0.4 is 5.32 Å². The van der Waals surface area contributed by atoms with E-state index in [1.807, 2.05) is 19.1 Å². The van der Waals surface area contributed by atoms with Crippen molar-refractivity contribution in [1.82, 2.24) is 5.32 Å². The number of hydrogen-bond donors (Lipinski definition) is 2. The summed E-state index contributed by atoms with van der Waals surface area (Å²) in [6.07, 6.45) is 1.84. The van der Waals surface area contributed by atoms with Crippen LogP contribution in [0.15, 0.2) is 22.7 Å². The second-order valence-electron chi connectivity index (χ2n) is 4.65. The zero-order valence-corrected chi connectivity index (χ0v) is 11.6. The number of aliphatic carboxylic acids is 1. The molecule has 0 heterocycles. The minimum atomic E-state index is -1.06. The Kier molecular flexibility index (Phi) is 3.43. The molecule has 1 amide bonds. The van der Waals surface area contributed by atoms with Crippen molar-refractivity contribution in [3.8, 4) is 0 Å². The summed E-state index contributed by atoms with van der Waals surface area (Å²) in [5, 5.41) is 11.8. The number of carbonyl (C=O) groups is 2. The number of halogens is 1. The summed E-state index contributed by atoms with van der Waals surface area (Å²) in [6, 6.07) is 5.38. The molecule has 0 unspecified atom stereocenters. The van der Waals surface area contributed by atoms with E-state index in [0.717, 1.165) is 16.5 Å². The van der Waals surface area contributed by atoms with Gasteiger partial charge in [0.1, 0.15) is 5.54 Å². The average Bonchev–Trinajstić information content (AvgIpc) is 2.26. The van der Waals surface area contributed by atoms with E-state index in [-0.39, 0.29) is 5.91 Å². The lowest BCUT2D eigenvalue weighted by molar-refractivity contribution is -0.148.